The van der Waals surface area contributed by atoms with E-state index in [1.165, 1.54) is 13.2 Å². The molecule has 3 rings (SSSR count). The molecule has 1 N–H and O–H groups in total. The van der Waals surface area contributed by atoms with Crippen LogP contribution in [-0.2, 0) is 16.0 Å². The number of methoxy groups -OCH3 is 1. The van der Waals surface area contributed by atoms with Crippen LogP contribution in [0.2, 0.25) is 0 Å². The van der Waals surface area contributed by atoms with Crippen molar-refractivity contribution in [3.05, 3.63) is 56.7 Å². The Bertz CT molecular complexity index is 1120. The van der Waals surface area contributed by atoms with Gasteiger partial charge in [0.25, 0.3) is 11.8 Å². The molecule has 0 spiro atoms. The zero-order valence-electron chi connectivity index (χ0n) is 16.8. The number of imide groups is 2. The minimum absolute atomic E-state index is 0.151. The predicted octanol–water partition coefficient (Wildman–Crippen LogP) is 3.43. The largest absolute Gasteiger partial charge is 0.493 e. The van der Waals surface area contributed by atoms with Gasteiger partial charge in [-0.05, 0) is 70.5 Å². The van der Waals surface area contributed by atoms with E-state index in [4.69, 9.17) is 14.7 Å². The number of ether oxygens (including phenoxy) is 2. The normalized spacial score (nSPS) is 15.0. The number of urea groups is 1. The maximum absolute atomic E-state index is 13.0. The van der Waals surface area contributed by atoms with Crippen LogP contribution in [0, 0.1) is 14.9 Å². The van der Waals surface area contributed by atoms with E-state index < -0.39 is 17.8 Å². The number of aryl methyl sites for hydroxylation is 1. The highest BCUT2D eigenvalue weighted by molar-refractivity contribution is 14.1. The summed E-state index contributed by atoms with van der Waals surface area (Å²) in [6.07, 6.45) is 2.20. The highest BCUT2D eigenvalue weighted by atomic mass is 127. The van der Waals surface area contributed by atoms with Crippen LogP contribution in [-0.4, -0.2) is 31.6 Å². The Balaban J connectivity index is 1.99. The standard InChI is InChI=1S/C22H18IN3O5/c1-3-13-4-6-15(7-5-13)26-21(28)16(20(27)25-22(26)29)10-14-11-17(23)19(31-9-8-24)18(12-14)30-2/h4-7,10-12H,3,9H2,1-2H3,(H,25,27,29)/b16-10-. The molecule has 0 aliphatic carbocycles. The van der Waals surface area contributed by atoms with Gasteiger partial charge in [-0.3, -0.25) is 14.9 Å². The van der Waals surface area contributed by atoms with Crippen molar-refractivity contribution < 1.29 is 23.9 Å². The first-order valence-electron chi connectivity index (χ1n) is 9.27. The van der Waals surface area contributed by atoms with Gasteiger partial charge in [0.1, 0.15) is 11.6 Å². The molecule has 0 radical (unpaired) electrons. The summed E-state index contributed by atoms with van der Waals surface area (Å²) in [5.41, 5.74) is 1.73. The van der Waals surface area contributed by atoms with Crippen LogP contribution < -0.4 is 19.7 Å². The van der Waals surface area contributed by atoms with Gasteiger partial charge in [-0.15, -0.1) is 0 Å². The molecule has 2 aromatic rings. The molecule has 0 atom stereocenters. The molecular weight excluding hydrogens is 513 g/mol. The number of barbiturate groups is 1. The number of amides is 4. The minimum atomic E-state index is -0.802. The Morgan fingerprint density at radius 2 is 1.90 bits per heavy atom. The van der Waals surface area contributed by atoms with Crippen molar-refractivity contribution >= 4 is 52.2 Å². The van der Waals surface area contributed by atoms with Crippen LogP contribution in [0.15, 0.2) is 42.0 Å². The highest BCUT2D eigenvalue weighted by Crippen LogP contribution is 2.35. The SMILES string of the molecule is CCc1ccc(N2C(=O)NC(=O)/C(=C/c3cc(I)c(OCC#N)c(OC)c3)C2=O)cc1. The number of halogens is 1. The van der Waals surface area contributed by atoms with Gasteiger partial charge in [0.2, 0.25) is 0 Å². The maximum atomic E-state index is 13.0. The number of nitriles is 1. The van der Waals surface area contributed by atoms with E-state index in [0.717, 1.165) is 16.9 Å². The summed E-state index contributed by atoms with van der Waals surface area (Å²) in [5, 5.41) is 10.9. The third-order valence-electron chi connectivity index (χ3n) is 4.55. The first-order valence-corrected chi connectivity index (χ1v) is 10.3. The second-order valence-electron chi connectivity index (χ2n) is 6.46. The van der Waals surface area contributed by atoms with Crippen LogP contribution in [0.25, 0.3) is 6.08 Å². The van der Waals surface area contributed by atoms with Crippen molar-refractivity contribution in [3.63, 3.8) is 0 Å². The zero-order valence-corrected chi connectivity index (χ0v) is 18.9. The van der Waals surface area contributed by atoms with Crippen LogP contribution >= 0.6 is 22.6 Å². The fourth-order valence-corrected chi connectivity index (χ4v) is 3.79. The molecule has 1 saturated heterocycles. The van der Waals surface area contributed by atoms with E-state index in [1.807, 2.05) is 47.7 Å². The van der Waals surface area contributed by atoms with Crippen LogP contribution in [0.5, 0.6) is 11.5 Å². The number of carbonyl (C=O) groups excluding carboxylic acids is 3. The number of benzene rings is 2. The lowest BCUT2D eigenvalue weighted by Crippen LogP contribution is -2.54. The molecule has 0 saturated carbocycles. The predicted molar refractivity (Wildman–Crippen MR) is 122 cm³/mol. The van der Waals surface area contributed by atoms with Gasteiger partial charge in [0.15, 0.2) is 18.1 Å². The molecule has 1 aliphatic rings. The van der Waals surface area contributed by atoms with Crippen molar-refractivity contribution in [2.24, 2.45) is 0 Å². The van der Waals surface area contributed by atoms with E-state index in [-0.39, 0.29) is 12.2 Å². The van der Waals surface area contributed by atoms with Gasteiger partial charge in [-0.1, -0.05) is 19.1 Å². The quantitative estimate of drug-likeness (QED) is 0.348. The minimum Gasteiger partial charge on any atom is -0.493 e. The molecule has 1 aliphatic heterocycles. The first-order chi connectivity index (χ1) is 14.9. The lowest BCUT2D eigenvalue weighted by molar-refractivity contribution is -0.122. The van der Waals surface area contributed by atoms with E-state index in [9.17, 15) is 14.4 Å². The van der Waals surface area contributed by atoms with E-state index in [2.05, 4.69) is 5.32 Å². The fourth-order valence-electron chi connectivity index (χ4n) is 3.01. The average molecular weight is 531 g/mol. The molecule has 2 aromatic carbocycles. The van der Waals surface area contributed by atoms with Crippen molar-refractivity contribution in [1.82, 2.24) is 5.32 Å². The number of hydrogen-bond acceptors (Lipinski definition) is 6. The monoisotopic (exact) mass is 531 g/mol. The van der Waals surface area contributed by atoms with Gasteiger partial charge in [0.05, 0.1) is 16.4 Å². The topological polar surface area (TPSA) is 109 Å². The Hall–Kier alpha value is -3.39. The van der Waals surface area contributed by atoms with Gasteiger partial charge >= 0.3 is 6.03 Å². The smallest absolute Gasteiger partial charge is 0.335 e. The van der Waals surface area contributed by atoms with Gasteiger partial charge in [-0.2, -0.15) is 5.26 Å². The molecule has 9 heteroatoms. The van der Waals surface area contributed by atoms with Crippen molar-refractivity contribution in [2.75, 3.05) is 18.6 Å². The average Bonchev–Trinajstić information content (AvgIpc) is 2.76. The summed E-state index contributed by atoms with van der Waals surface area (Å²) in [4.78, 5) is 38.7. The maximum Gasteiger partial charge on any atom is 0.335 e. The van der Waals surface area contributed by atoms with Crippen molar-refractivity contribution in [3.8, 4) is 17.6 Å². The van der Waals surface area contributed by atoms with Crippen LogP contribution in [0.3, 0.4) is 0 Å². The Kier molecular flexibility index (Phi) is 6.91. The molecule has 1 fully saturated rings. The zero-order chi connectivity index (χ0) is 22.5. The molecular formula is C22H18IN3O5. The Labute approximate surface area is 192 Å². The summed E-state index contributed by atoms with van der Waals surface area (Å²) < 4.78 is 11.3. The van der Waals surface area contributed by atoms with Gasteiger partial charge < -0.3 is 9.47 Å². The molecule has 0 aromatic heterocycles. The molecule has 8 nitrogen and oxygen atoms in total. The van der Waals surface area contributed by atoms with Gasteiger partial charge in [-0.25, -0.2) is 9.69 Å². The number of anilines is 1. The Morgan fingerprint density at radius 1 is 1.19 bits per heavy atom. The third kappa shape index (κ3) is 4.69. The number of carbonyl (C=O) groups is 3. The van der Waals surface area contributed by atoms with E-state index in [1.54, 1.807) is 24.3 Å². The van der Waals surface area contributed by atoms with Gasteiger partial charge in [0, 0.05) is 0 Å². The number of nitrogens with zero attached hydrogens (tertiary/aromatic N) is 2. The molecule has 158 valence electrons. The number of hydrogen-bond donors (Lipinski definition) is 1. The van der Waals surface area contributed by atoms with Crippen LogP contribution in [0.4, 0.5) is 10.5 Å². The highest BCUT2D eigenvalue weighted by Gasteiger charge is 2.36. The van der Waals surface area contributed by atoms with Crippen molar-refractivity contribution in [1.29, 1.82) is 5.26 Å². The first kappa shape index (κ1) is 22.3. The second-order valence-corrected chi connectivity index (χ2v) is 7.62. The van der Waals surface area contributed by atoms with E-state index in [0.29, 0.717) is 26.3 Å². The summed E-state index contributed by atoms with van der Waals surface area (Å²) in [6.45, 7) is 1.85. The van der Waals surface area contributed by atoms with E-state index >= 15 is 0 Å². The molecule has 31 heavy (non-hydrogen) atoms. The molecule has 1 heterocycles. The lowest BCUT2D eigenvalue weighted by atomic mass is 10.1. The molecule has 4 amide bonds. The fraction of sp³-hybridized carbons (Fsp3) is 0.182. The lowest BCUT2D eigenvalue weighted by Gasteiger charge is -2.26. The summed E-state index contributed by atoms with van der Waals surface area (Å²) in [7, 11) is 1.44. The number of nitrogens with one attached hydrogen (secondary N) is 1. The molecule has 0 unspecified atom stereocenters. The summed E-state index contributed by atoms with van der Waals surface area (Å²) in [5.74, 6) is -0.771. The Morgan fingerprint density at radius 3 is 2.52 bits per heavy atom. The second kappa shape index (κ2) is 9.61. The number of rotatable bonds is 6. The summed E-state index contributed by atoms with van der Waals surface area (Å²) in [6, 6.07) is 11.3. The molecule has 0 bridgehead atoms. The third-order valence-corrected chi connectivity index (χ3v) is 5.35. The summed E-state index contributed by atoms with van der Waals surface area (Å²) >= 11 is 2.01. The van der Waals surface area contributed by atoms with Crippen LogP contribution in [0.1, 0.15) is 18.1 Å². The van der Waals surface area contributed by atoms with Crippen molar-refractivity contribution in [2.45, 2.75) is 13.3 Å².